The van der Waals surface area contributed by atoms with Crippen molar-refractivity contribution < 1.29 is 14.6 Å². The minimum absolute atomic E-state index is 0.422. The summed E-state index contributed by atoms with van der Waals surface area (Å²) in [7, 11) is 0. The molecule has 1 atom stereocenters. The Kier molecular flexibility index (Phi) is 4.99. The van der Waals surface area contributed by atoms with Crippen molar-refractivity contribution in [2.24, 2.45) is 0 Å². The van der Waals surface area contributed by atoms with Gasteiger partial charge in [0.2, 0.25) is 0 Å². The van der Waals surface area contributed by atoms with E-state index in [-0.39, 0.29) is 0 Å². The van der Waals surface area contributed by atoms with Crippen LogP contribution in [-0.4, -0.2) is 23.8 Å². The van der Waals surface area contributed by atoms with E-state index in [2.05, 4.69) is 6.92 Å². The van der Waals surface area contributed by atoms with Gasteiger partial charge in [-0.25, -0.2) is 4.79 Å². The Hall–Kier alpha value is -1.35. The lowest BCUT2D eigenvalue weighted by atomic mass is 10.00. The van der Waals surface area contributed by atoms with Crippen molar-refractivity contribution in [2.45, 2.75) is 32.8 Å². The van der Waals surface area contributed by atoms with Gasteiger partial charge in [0.15, 0.2) is 6.10 Å². The number of benzene rings is 1. The molecule has 1 unspecified atom stereocenters. The molecule has 0 saturated carbocycles. The molecule has 1 aromatic rings. The first-order chi connectivity index (χ1) is 7.69. The first-order valence-corrected chi connectivity index (χ1v) is 5.60. The van der Waals surface area contributed by atoms with Gasteiger partial charge in [-0.2, -0.15) is 0 Å². The van der Waals surface area contributed by atoms with Gasteiger partial charge in [0.25, 0.3) is 0 Å². The fourth-order valence-corrected chi connectivity index (χ4v) is 1.72. The van der Waals surface area contributed by atoms with Crippen LogP contribution in [0.4, 0.5) is 0 Å². The van der Waals surface area contributed by atoms with Crippen molar-refractivity contribution in [3.8, 4) is 0 Å². The molecule has 0 saturated heterocycles. The van der Waals surface area contributed by atoms with Crippen molar-refractivity contribution in [3.05, 3.63) is 35.4 Å². The van der Waals surface area contributed by atoms with E-state index in [0.717, 1.165) is 12.0 Å². The maximum atomic E-state index is 11.0. The van der Waals surface area contributed by atoms with Crippen LogP contribution >= 0.6 is 0 Å². The number of carboxylic acids is 1. The fourth-order valence-electron chi connectivity index (χ4n) is 1.72. The van der Waals surface area contributed by atoms with E-state index in [9.17, 15) is 4.79 Å². The smallest absolute Gasteiger partial charge is 0.333 e. The highest BCUT2D eigenvalue weighted by Gasteiger charge is 2.18. The highest BCUT2D eigenvalue weighted by Crippen LogP contribution is 2.13. The van der Waals surface area contributed by atoms with Gasteiger partial charge in [0.05, 0.1) is 0 Å². The van der Waals surface area contributed by atoms with Crippen LogP contribution in [-0.2, 0) is 22.4 Å². The minimum Gasteiger partial charge on any atom is -0.479 e. The molecule has 16 heavy (non-hydrogen) atoms. The highest BCUT2D eigenvalue weighted by molar-refractivity contribution is 5.72. The number of ether oxygens (including phenoxy) is 1. The van der Waals surface area contributed by atoms with Crippen LogP contribution in [0.2, 0.25) is 0 Å². The second-order valence-electron chi connectivity index (χ2n) is 3.61. The van der Waals surface area contributed by atoms with Gasteiger partial charge in [-0.1, -0.05) is 31.2 Å². The van der Waals surface area contributed by atoms with Gasteiger partial charge < -0.3 is 9.84 Å². The number of carboxylic acid groups (broad SMARTS) is 1. The predicted molar refractivity (Wildman–Crippen MR) is 62.6 cm³/mol. The maximum absolute atomic E-state index is 11.0. The van der Waals surface area contributed by atoms with Crippen LogP contribution in [0.25, 0.3) is 0 Å². The quantitative estimate of drug-likeness (QED) is 0.803. The molecule has 0 aliphatic rings. The predicted octanol–water partition coefficient (Wildman–Crippen LogP) is 2.28. The van der Waals surface area contributed by atoms with E-state index in [1.165, 1.54) is 5.56 Å². The maximum Gasteiger partial charge on any atom is 0.333 e. The molecule has 0 bridgehead atoms. The molecule has 0 heterocycles. The lowest BCUT2D eigenvalue weighted by Crippen LogP contribution is -2.26. The number of aliphatic carboxylic acids is 1. The van der Waals surface area contributed by atoms with Crippen molar-refractivity contribution in [1.29, 1.82) is 0 Å². The van der Waals surface area contributed by atoms with E-state index in [4.69, 9.17) is 9.84 Å². The summed E-state index contributed by atoms with van der Waals surface area (Å²) in [4.78, 5) is 11.0. The Morgan fingerprint density at radius 1 is 1.31 bits per heavy atom. The Labute approximate surface area is 96.1 Å². The van der Waals surface area contributed by atoms with E-state index >= 15 is 0 Å². The molecule has 1 rings (SSSR count). The van der Waals surface area contributed by atoms with E-state index < -0.39 is 12.1 Å². The first-order valence-electron chi connectivity index (χ1n) is 5.60. The second-order valence-corrected chi connectivity index (χ2v) is 3.61. The third-order valence-electron chi connectivity index (χ3n) is 2.55. The number of hydrogen-bond acceptors (Lipinski definition) is 2. The average molecular weight is 222 g/mol. The lowest BCUT2D eigenvalue weighted by Gasteiger charge is -2.14. The first kappa shape index (κ1) is 12.7. The molecule has 0 spiro atoms. The number of aryl methyl sites for hydroxylation is 1. The molecular formula is C13H18O3. The molecule has 0 aliphatic heterocycles. The summed E-state index contributed by atoms with van der Waals surface area (Å²) in [6.07, 6.45) is 0.611. The van der Waals surface area contributed by atoms with Gasteiger partial charge in [-0.05, 0) is 24.5 Å². The highest BCUT2D eigenvalue weighted by atomic mass is 16.5. The largest absolute Gasteiger partial charge is 0.479 e. The molecule has 0 fully saturated rings. The molecular weight excluding hydrogens is 204 g/mol. The molecule has 1 N–H and O–H groups in total. The van der Waals surface area contributed by atoms with E-state index in [0.29, 0.717) is 13.0 Å². The van der Waals surface area contributed by atoms with Crippen LogP contribution in [0.15, 0.2) is 24.3 Å². The van der Waals surface area contributed by atoms with E-state index in [1.807, 2.05) is 31.2 Å². The number of rotatable bonds is 6. The summed E-state index contributed by atoms with van der Waals surface area (Å²) < 4.78 is 5.21. The summed E-state index contributed by atoms with van der Waals surface area (Å²) in [6.45, 7) is 4.29. The van der Waals surface area contributed by atoms with Crippen LogP contribution in [0.1, 0.15) is 25.0 Å². The topological polar surface area (TPSA) is 46.5 Å². The number of carbonyl (C=O) groups is 1. The zero-order chi connectivity index (χ0) is 12.0. The monoisotopic (exact) mass is 222 g/mol. The third-order valence-corrected chi connectivity index (χ3v) is 2.55. The summed E-state index contributed by atoms with van der Waals surface area (Å²) in [6, 6.07) is 7.89. The summed E-state index contributed by atoms with van der Waals surface area (Å²) >= 11 is 0. The molecule has 0 aliphatic carbocycles. The van der Waals surface area contributed by atoms with Crippen molar-refractivity contribution in [3.63, 3.8) is 0 Å². The van der Waals surface area contributed by atoms with Gasteiger partial charge in [0.1, 0.15) is 0 Å². The number of hydrogen-bond donors (Lipinski definition) is 1. The zero-order valence-corrected chi connectivity index (χ0v) is 9.77. The van der Waals surface area contributed by atoms with Crippen molar-refractivity contribution >= 4 is 5.97 Å². The Bertz CT molecular complexity index is 347. The Balaban J connectivity index is 2.80. The standard InChI is InChI=1S/C13H18O3/c1-3-10-7-5-6-8-11(10)9-12(13(14)15)16-4-2/h5-8,12H,3-4,9H2,1-2H3,(H,14,15). The third kappa shape index (κ3) is 3.35. The van der Waals surface area contributed by atoms with Crippen molar-refractivity contribution in [2.75, 3.05) is 6.61 Å². The zero-order valence-electron chi connectivity index (χ0n) is 9.77. The minimum atomic E-state index is -0.896. The molecule has 3 nitrogen and oxygen atoms in total. The van der Waals surface area contributed by atoms with Gasteiger partial charge >= 0.3 is 5.97 Å². The SMILES string of the molecule is CCOC(Cc1ccccc1CC)C(=O)O. The molecule has 3 heteroatoms. The second kappa shape index (κ2) is 6.28. The van der Waals surface area contributed by atoms with Crippen molar-refractivity contribution in [1.82, 2.24) is 0 Å². The van der Waals surface area contributed by atoms with E-state index in [1.54, 1.807) is 0 Å². The Morgan fingerprint density at radius 2 is 1.94 bits per heavy atom. The summed E-state index contributed by atoms with van der Waals surface area (Å²) in [5.74, 6) is -0.896. The van der Waals surface area contributed by atoms with Gasteiger partial charge in [-0.3, -0.25) is 0 Å². The van der Waals surface area contributed by atoms with Crippen LogP contribution < -0.4 is 0 Å². The van der Waals surface area contributed by atoms with Crippen LogP contribution in [0.3, 0.4) is 0 Å². The summed E-state index contributed by atoms with van der Waals surface area (Å²) in [5.41, 5.74) is 2.25. The normalized spacial score (nSPS) is 12.4. The van der Waals surface area contributed by atoms with Crippen LogP contribution in [0, 0.1) is 0 Å². The average Bonchev–Trinajstić information content (AvgIpc) is 2.29. The lowest BCUT2D eigenvalue weighted by molar-refractivity contribution is -0.149. The molecule has 0 aromatic heterocycles. The summed E-state index contributed by atoms with van der Waals surface area (Å²) in [5, 5.41) is 9.00. The molecule has 1 aromatic carbocycles. The molecule has 0 radical (unpaired) electrons. The molecule has 0 amide bonds. The molecule has 88 valence electrons. The Morgan fingerprint density at radius 3 is 2.44 bits per heavy atom. The fraction of sp³-hybridized carbons (Fsp3) is 0.462. The van der Waals surface area contributed by atoms with Gasteiger partial charge in [-0.15, -0.1) is 0 Å². The van der Waals surface area contributed by atoms with Gasteiger partial charge in [0, 0.05) is 13.0 Å². The van der Waals surface area contributed by atoms with Crippen LogP contribution in [0.5, 0.6) is 0 Å².